The van der Waals surface area contributed by atoms with E-state index in [1.165, 1.54) is 0 Å². The van der Waals surface area contributed by atoms with Gasteiger partial charge in [0.05, 0.1) is 6.04 Å². The highest BCUT2D eigenvalue weighted by Gasteiger charge is 2.29. The molecule has 0 bridgehead atoms. The molecule has 0 aliphatic rings. The number of alkyl carbamates (subject to hydrolysis) is 1. The minimum absolute atomic E-state index is 0.0194. The zero-order valence-corrected chi connectivity index (χ0v) is 19.0. The van der Waals surface area contributed by atoms with Gasteiger partial charge in [-0.3, -0.25) is 9.59 Å². The van der Waals surface area contributed by atoms with Crippen molar-refractivity contribution in [2.24, 2.45) is 5.92 Å². The maximum Gasteiger partial charge on any atom is 0.407 e. The van der Waals surface area contributed by atoms with E-state index < -0.39 is 40.6 Å². The van der Waals surface area contributed by atoms with Gasteiger partial charge in [0, 0.05) is 6.54 Å². The van der Waals surface area contributed by atoms with Crippen molar-refractivity contribution in [2.45, 2.75) is 58.7 Å². The molecule has 174 valence electrons. The predicted molar refractivity (Wildman–Crippen MR) is 123 cm³/mol. The average molecular weight is 446 g/mol. The van der Waals surface area contributed by atoms with E-state index >= 15 is 0 Å². The lowest BCUT2D eigenvalue weighted by Crippen LogP contribution is -2.47. The molecular weight excluding hydrogens is 414 g/mol. The first-order chi connectivity index (χ1) is 14.9. The molecule has 9 heteroatoms. The summed E-state index contributed by atoms with van der Waals surface area (Å²) >= 11 is 0. The van der Waals surface area contributed by atoms with Gasteiger partial charge in [-0.25, -0.2) is 9.59 Å². The summed E-state index contributed by atoms with van der Waals surface area (Å²) in [5.41, 5.74) is -1.23. The fraction of sp³-hybridized carbons (Fsp3) is 0.478. The standard InChI is InChI=1S/C23H31N3O6/c1-13(2)16(21(29)30)26-18-17(19(27)20(18)28)24-12-15(11-14-9-7-6-8-10-14)25-22(31)32-23(3,4)5/h6-10,13,15-16,24,26H,11-12H2,1-5H3,(H,25,31)(H,29,30)/t15-,16-/m0/s1. The third kappa shape index (κ3) is 6.83. The molecule has 0 aromatic heterocycles. The fourth-order valence-electron chi connectivity index (χ4n) is 3.14. The Kier molecular flexibility index (Phi) is 8.02. The van der Waals surface area contributed by atoms with Crippen LogP contribution in [-0.2, 0) is 16.0 Å². The lowest BCUT2D eigenvalue weighted by molar-refractivity contribution is -0.138. The molecule has 2 aromatic carbocycles. The van der Waals surface area contributed by atoms with Crippen LogP contribution in [0.15, 0.2) is 39.9 Å². The van der Waals surface area contributed by atoms with Crippen LogP contribution in [0.5, 0.6) is 0 Å². The molecule has 0 fully saturated rings. The minimum atomic E-state index is -1.12. The van der Waals surface area contributed by atoms with Crippen molar-refractivity contribution in [1.29, 1.82) is 0 Å². The van der Waals surface area contributed by atoms with E-state index in [0.717, 1.165) is 5.56 Å². The van der Waals surface area contributed by atoms with Crippen molar-refractivity contribution < 1.29 is 19.4 Å². The van der Waals surface area contributed by atoms with Gasteiger partial charge < -0.3 is 25.8 Å². The lowest BCUT2D eigenvalue weighted by atomic mass is 10.0. The van der Waals surface area contributed by atoms with Crippen molar-refractivity contribution in [3.63, 3.8) is 0 Å². The quantitative estimate of drug-likeness (QED) is 0.410. The number of carbonyl (C=O) groups excluding carboxylic acids is 1. The molecule has 2 aromatic rings. The van der Waals surface area contributed by atoms with Gasteiger partial charge in [-0.15, -0.1) is 0 Å². The Bertz CT molecular complexity index is 1000. The average Bonchev–Trinajstić information content (AvgIpc) is 2.68. The molecule has 0 radical (unpaired) electrons. The van der Waals surface area contributed by atoms with Gasteiger partial charge in [0.15, 0.2) is 0 Å². The van der Waals surface area contributed by atoms with Gasteiger partial charge in [0.1, 0.15) is 23.0 Å². The van der Waals surface area contributed by atoms with Gasteiger partial charge in [0.2, 0.25) is 0 Å². The molecule has 9 nitrogen and oxygen atoms in total. The number of rotatable bonds is 10. The van der Waals surface area contributed by atoms with Crippen LogP contribution in [0.4, 0.5) is 16.2 Å². The van der Waals surface area contributed by atoms with Crippen LogP contribution in [0, 0.1) is 5.92 Å². The summed E-state index contributed by atoms with van der Waals surface area (Å²) in [4.78, 5) is 47.9. The number of amides is 1. The molecule has 2 rings (SSSR count). The van der Waals surface area contributed by atoms with Gasteiger partial charge in [-0.05, 0) is 38.7 Å². The van der Waals surface area contributed by atoms with Gasteiger partial charge >= 0.3 is 12.1 Å². The summed E-state index contributed by atoms with van der Waals surface area (Å²) in [5.74, 6) is -1.42. The number of aliphatic carboxylic acids is 1. The molecular formula is C23H31N3O6. The van der Waals surface area contributed by atoms with Crippen LogP contribution < -0.4 is 26.8 Å². The lowest BCUT2D eigenvalue weighted by Gasteiger charge is -2.26. The highest BCUT2D eigenvalue weighted by molar-refractivity contribution is 5.82. The topological polar surface area (TPSA) is 134 Å². The third-order valence-corrected chi connectivity index (χ3v) is 4.71. The molecule has 0 spiro atoms. The summed E-state index contributed by atoms with van der Waals surface area (Å²) in [6.07, 6.45) is -0.149. The summed E-state index contributed by atoms with van der Waals surface area (Å²) in [6.45, 7) is 8.80. The molecule has 2 atom stereocenters. The smallest absolute Gasteiger partial charge is 0.407 e. The molecule has 0 aliphatic heterocycles. The number of benzene rings is 1. The first-order valence-corrected chi connectivity index (χ1v) is 10.5. The van der Waals surface area contributed by atoms with Crippen LogP contribution in [-0.4, -0.2) is 41.4 Å². The largest absolute Gasteiger partial charge is 0.480 e. The first-order valence-electron chi connectivity index (χ1n) is 10.5. The molecule has 4 N–H and O–H groups in total. The first kappa shape index (κ1) is 24.9. The van der Waals surface area contributed by atoms with E-state index in [1.807, 2.05) is 30.3 Å². The van der Waals surface area contributed by atoms with E-state index in [0.29, 0.717) is 6.42 Å². The molecule has 32 heavy (non-hydrogen) atoms. The number of ether oxygens (including phenoxy) is 1. The zero-order valence-electron chi connectivity index (χ0n) is 19.0. The monoisotopic (exact) mass is 445 g/mol. The number of anilines is 2. The molecule has 0 saturated heterocycles. The van der Waals surface area contributed by atoms with Crippen LogP contribution in [0.25, 0.3) is 0 Å². The Morgan fingerprint density at radius 1 is 1.03 bits per heavy atom. The number of carbonyl (C=O) groups is 2. The summed E-state index contributed by atoms with van der Waals surface area (Å²) in [5, 5.41) is 17.7. The fourth-order valence-corrected chi connectivity index (χ4v) is 3.14. The Morgan fingerprint density at radius 3 is 2.16 bits per heavy atom. The summed E-state index contributed by atoms with van der Waals surface area (Å²) in [6, 6.07) is 7.99. The van der Waals surface area contributed by atoms with Crippen LogP contribution in [0.2, 0.25) is 0 Å². The van der Waals surface area contributed by atoms with Gasteiger partial charge in [-0.1, -0.05) is 44.2 Å². The second kappa shape index (κ2) is 10.3. The van der Waals surface area contributed by atoms with Crippen molar-refractivity contribution in [2.75, 3.05) is 17.2 Å². The van der Waals surface area contributed by atoms with Crippen molar-refractivity contribution in [1.82, 2.24) is 5.32 Å². The Morgan fingerprint density at radius 2 is 1.62 bits per heavy atom. The van der Waals surface area contributed by atoms with Crippen molar-refractivity contribution in [3.05, 3.63) is 56.3 Å². The van der Waals surface area contributed by atoms with E-state index in [-0.39, 0.29) is 23.8 Å². The molecule has 0 saturated carbocycles. The molecule has 0 unspecified atom stereocenters. The van der Waals surface area contributed by atoms with Gasteiger partial charge in [0.25, 0.3) is 10.9 Å². The predicted octanol–water partition coefficient (Wildman–Crippen LogP) is 2.35. The SMILES string of the molecule is CC(C)[C@H](Nc1c(NC[C@H](Cc2ccccc2)NC(=O)OC(C)(C)C)c(=O)c1=O)C(=O)O. The Balaban J connectivity index is 2.16. The number of hydrogen-bond donors (Lipinski definition) is 4. The zero-order chi connectivity index (χ0) is 24.1. The van der Waals surface area contributed by atoms with E-state index in [4.69, 9.17) is 4.74 Å². The highest BCUT2D eigenvalue weighted by atomic mass is 16.6. The second-order valence-corrected chi connectivity index (χ2v) is 9.03. The van der Waals surface area contributed by atoms with Crippen LogP contribution >= 0.6 is 0 Å². The number of nitrogens with one attached hydrogen (secondary N) is 3. The highest BCUT2D eigenvalue weighted by Crippen LogP contribution is 2.19. The van der Waals surface area contributed by atoms with E-state index in [9.17, 15) is 24.3 Å². The number of carboxylic acid groups (broad SMARTS) is 1. The maximum atomic E-state index is 12.3. The summed E-state index contributed by atoms with van der Waals surface area (Å²) < 4.78 is 5.33. The summed E-state index contributed by atoms with van der Waals surface area (Å²) in [7, 11) is 0. The molecule has 0 aliphatic carbocycles. The van der Waals surface area contributed by atoms with Crippen LogP contribution in [0.3, 0.4) is 0 Å². The Hall–Kier alpha value is -3.36. The van der Waals surface area contributed by atoms with Gasteiger partial charge in [-0.2, -0.15) is 0 Å². The Labute approximate surface area is 186 Å². The van der Waals surface area contributed by atoms with Crippen LogP contribution in [0.1, 0.15) is 40.2 Å². The molecule has 1 amide bonds. The normalized spacial score (nSPS) is 13.4. The van der Waals surface area contributed by atoms with E-state index in [2.05, 4.69) is 16.0 Å². The number of hydrogen-bond acceptors (Lipinski definition) is 7. The molecule has 0 heterocycles. The van der Waals surface area contributed by atoms with Crippen molar-refractivity contribution in [3.8, 4) is 0 Å². The maximum absolute atomic E-state index is 12.3. The van der Waals surface area contributed by atoms with Crippen molar-refractivity contribution >= 4 is 23.4 Å². The number of carboxylic acids is 1. The van der Waals surface area contributed by atoms with E-state index in [1.54, 1.807) is 34.6 Å². The second-order valence-electron chi connectivity index (χ2n) is 9.03. The minimum Gasteiger partial charge on any atom is -0.480 e. The third-order valence-electron chi connectivity index (χ3n) is 4.71.